The average Bonchev–Trinajstić information content (AvgIpc) is 2.91. The number of para-hydroxylation sites is 1. The number of benzene rings is 1. The number of fused-ring (bicyclic) bond motifs is 1. The average molecular weight is 341 g/mol. The van der Waals surface area contributed by atoms with Crippen LogP contribution in [0.25, 0.3) is 10.2 Å². The third-order valence-corrected chi connectivity index (χ3v) is 5.39. The van der Waals surface area contributed by atoms with E-state index in [1.165, 1.54) is 15.9 Å². The number of carbonyl (C=O) groups is 1. The van der Waals surface area contributed by atoms with Crippen molar-refractivity contribution in [2.24, 2.45) is 7.05 Å². The van der Waals surface area contributed by atoms with Crippen LogP contribution in [0.15, 0.2) is 35.1 Å². The zero-order valence-electron chi connectivity index (χ0n) is 14.2. The molecule has 124 valence electrons. The molecule has 2 aromatic heterocycles. The molecular weight excluding hydrogens is 322 g/mol. The quantitative estimate of drug-likeness (QED) is 0.735. The summed E-state index contributed by atoms with van der Waals surface area (Å²) in [6, 6.07) is 9.55. The van der Waals surface area contributed by atoms with Crippen molar-refractivity contribution in [3.05, 3.63) is 57.0 Å². The first-order chi connectivity index (χ1) is 11.5. The van der Waals surface area contributed by atoms with Crippen molar-refractivity contribution in [3.63, 3.8) is 0 Å². The van der Waals surface area contributed by atoms with Crippen LogP contribution in [0.4, 0.5) is 5.69 Å². The topological polar surface area (TPSA) is 55.2 Å². The van der Waals surface area contributed by atoms with Crippen molar-refractivity contribution in [2.75, 3.05) is 11.4 Å². The monoisotopic (exact) mass is 341 g/mol. The van der Waals surface area contributed by atoms with Crippen molar-refractivity contribution in [1.29, 1.82) is 0 Å². The van der Waals surface area contributed by atoms with E-state index in [9.17, 15) is 9.59 Å². The van der Waals surface area contributed by atoms with Gasteiger partial charge in [0.1, 0.15) is 10.7 Å². The number of hydrogen-bond acceptors (Lipinski definition) is 4. The van der Waals surface area contributed by atoms with Gasteiger partial charge in [0.05, 0.1) is 10.3 Å². The van der Waals surface area contributed by atoms with Crippen LogP contribution >= 0.6 is 11.3 Å². The normalized spacial score (nSPS) is 11.0. The second kappa shape index (κ2) is 6.20. The fraction of sp³-hybridized carbons (Fsp3) is 0.278. The minimum Gasteiger partial charge on any atom is -0.308 e. The van der Waals surface area contributed by atoms with Crippen LogP contribution in [0.1, 0.15) is 28.0 Å². The summed E-state index contributed by atoms with van der Waals surface area (Å²) in [4.78, 5) is 33.0. The first-order valence-corrected chi connectivity index (χ1v) is 8.61. The van der Waals surface area contributed by atoms with Crippen LogP contribution in [0.5, 0.6) is 0 Å². The Labute approximate surface area is 144 Å². The molecular formula is C18H19N3O2S. The molecule has 0 saturated heterocycles. The van der Waals surface area contributed by atoms with Gasteiger partial charge in [-0.15, -0.1) is 11.3 Å². The van der Waals surface area contributed by atoms with Gasteiger partial charge in [-0.2, -0.15) is 0 Å². The zero-order chi connectivity index (χ0) is 17.4. The fourth-order valence-electron chi connectivity index (χ4n) is 2.74. The summed E-state index contributed by atoms with van der Waals surface area (Å²) in [5.74, 6) is 0.548. The van der Waals surface area contributed by atoms with E-state index in [0.29, 0.717) is 33.0 Å². The Balaban J connectivity index is 2.16. The third-order valence-electron chi connectivity index (χ3n) is 4.22. The van der Waals surface area contributed by atoms with Gasteiger partial charge in [-0.25, -0.2) is 4.98 Å². The lowest BCUT2D eigenvalue weighted by atomic mass is 10.2. The largest absolute Gasteiger partial charge is 0.308 e. The van der Waals surface area contributed by atoms with Gasteiger partial charge >= 0.3 is 0 Å². The molecule has 0 unspecified atom stereocenters. The van der Waals surface area contributed by atoms with Crippen molar-refractivity contribution in [2.45, 2.75) is 20.8 Å². The van der Waals surface area contributed by atoms with Crippen molar-refractivity contribution < 1.29 is 4.79 Å². The fourth-order valence-corrected chi connectivity index (χ4v) is 3.91. The number of rotatable bonds is 3. The zero-order valence-corrected chi connectivity index (χ0v) is 15.0. The van der Waals surface area contributed by atoms with E-state index in [2.05, 4.69) is 4.98 Å². The predicted molar refractivity (Wildman–Crippen MR) is 98.1 cm³/mol. The van der Waals surface area contributed by atoms with Crippen LogP contribution in [-0.4, -0.2) is 22.0 Å². The maximum atomic E-state index is 13.0. The number of aromatic nitrogens is 2. The molecule has 6 heteroatoms. The van der Waals surface area contributed by atoms with Gasteiger partial charge in [-0.05, 0) is 38.5 Å². The number of thiophene rings is 1. The summed E-state index contributed by atoms with van der Waals surface area (Å²) in [6.45, 7) is 6.11. The van der Waals surface area contributed by atoms with E-state index in [1.54, 1.807) is 18.9 Å². The lowest BCUT2D eigenvalue weighted by molar-refractivity contribution is 0.0991. The number of anilines is 1. The predicted octanol–water partition coefficient (Wildman–Crippen LogP) is 3.28. The van der Waals surface area contributed by atoms with E-state index in [4.69, 9.17) is 0 Å². The Morgan fingerprint density at radius 1 is 1.25 bits per heavy atom. The maximum absolute atomic E-state index is 13.0. The Morgan fingerprint density at radius 2 is 1.92 bits per heavy atom. The SMILES string of the molecule is CCN(C(=O)c1sc2nc(C)n(C)c(=O)c2c1C)c1ccccc1. The molecule has 0 fully saturated rings. The van der Waals surface area contributed by atoms with Crippen molar-refractivity contribution >= 4 is 33.1 Å². The summed E-state index contributed by atoms with van der Waals surface area (Å²) in [7, 11) is 1.70. The molecule has 0 atom stereocenters. The number of hydrogen-bond donors (Lipinski definition) is 0. The van der Waals surface area contributed by atoms with Gasteiger partial charge in [-0.1, -0.05) is 18.2 Å². The Kier molecular flexibility index (Phi) is 4.24. The van der Waals surface area contributed by atoms with E-state index < -0.39 is 0 Å². The van der Waals surface area contributed by atoms with Crippen LogP contribution in [-0.2, 0) is 7.05 Å². The summed E-state index contributed by atoms with van der Waals surface area (Å²) in [6.07, 6.45) is 0. The first kappa shape index (κ1) is 16.4. The second-order valence-corrected chi connectivity index (χ2v) is 6.64. The summed E-state index contributed by atoms with van der Waals surface area (Å²) >= 11 is 1.29. The van der Waals surface area contributed by atoms with Crippen LogP contribution < -0.4 is 10.5 Å². The van der Waals surface area contributed by atoms with Crippen molar-refractivity contribution in [3.8, 4) is 0 Å². The lowest BCUT2D eigenvalue weighted by Crippen LogP contribution is -2.30. The van der Waals surface area contributed by atoms with E-state index in [-0.39, 0.29) is 11.5 Å². The smallest absolute Gasteiger partial charge is 0.268 e. The highest BCUT2D eigenvalue weighted by Crippen LogP contribution is 2.29. The molecule has 0 spiro atoms. The molecule has 0 radical (unpaired) electrons. The summed E-state index contributed by atoms with van der Waals surface area (Å²) in [5, 5.41) is 0.542. The highest BCUT2D eigenvalue weighted by atomic mass is 32.1. The molecule has 0 bridgehead atoms. The number of nitrogens with zero attached hydrogens (tertiary/aromatic N) is 3. The molecule has 0 aliphatic rings. The van der Waals surface area contributed by atoms with Crippen molar-refractivity contribution in [1.82, 2.24) is 9.55 Å². The molecule has 0 saturated carbocycles. The molecule has 3 aromatic rings. The molecule has 5 nitrogen and oxygen atoms in total. The maximum Gasteiger partial charge on any atom is 0.268 e. The number of amides is 1. The molecule has 24 heavy (non-hydrogen) atoms. The minimum atomic E-state index is -0.104. The van der Waals surface area contributed by atoms with Gasteiger partial charge in [0.25, 0.3) is 11.5 Å². The van der Waals surface area contributed by atoms with Gasteiger partial charge in [0.15, 0.2) is 0 Å². The highest BCUT2D eigenvalue weighted by Gasteiger charge is 2.24. The standard InChI is InChI=1S/C18H19N3O2S/c1-5-21(13-9-7-6-8-10-13)18(23)15-11(2)14-16(24-15)19-12(3)20(4)17(14)22/h6-10H,5H2,1-4H3. The highest BCUT2D eigenvalue weighted by molar-refractivity contribution is 7.20. The van der Waals surface area contributed by atoms with Gasteiger partial charge in [0.2, 0.25) is 0 Å². The van der Waals surface area contributed by atoms with Crippen LogP contribution in [0.2, 0.25) is 0 Å². The third kappa shape index (κ3) is 2.53. The van der Waals surface area contributed by atoms with E-state index in [1.807, 2.05) is 44.2 Å². The molecule has 1 aromatic carbocycles. The number of carbonyl (C=O) groups excluding carboxylic acids is 1. The van der Waals surface area contributed by atoms with Gasteiger partial charge < -0.3 is 4.90 Å². The Hall–Kier alpha value is -2.47. The summed E-state index contributed by atoms with van der Waals surface area (Å²) in [5.41, 5.74) is 1.45. The van der Waals surface area contributed by atoms with Crippen LogP contribution in [0, 0.1) is 13.8 Å². The molecule has 0 aliphatic heterocycles. The van der Waals surface area contributed by atoms with E-state index in [0.717, 1.165) is 5.69 Å². The second-order valence-electron chi connectivity index (χ2n) is 5.64. The Bertz CT molecular complexity index is 973. The molecule has 0 aliphatic carbocycles. The molecule has 2 heterocycles. The number of aryl methyl sites for hydroxylation is 2. The lowest BCUT2D eigenvalue weighted by Gasteiger charge is -2.20. The molecule has 0 N–H and O–H groups in total. The molecule has 1 amide bonds. The van der Waals surface area contributed by atoms with Crippen LogP contribution in [0.3, 0.4) is 0 Å². The van der Waals surface area contributed by atoms with E-state index >= 15 is 0 Å². The van der Waals surface area contributed by atoms with Gasteiger partial charge in [0, 0.05) is 19.3 Å². The minimum absolute atomic E-state index is 0.0936. The Morgan fingerprint density at radius 3 is 2.54 bits per heavy atom. The molecule has 3 rings (SSSR count). The van der Waals surface area contributed by atoms with Gasteiger partial charge in [-0.3, -0.25) is 14.2 Å². The first-order valence-electron chi connectivity index (χ1n) is 7.79. The summed E-state index contributed by atoms with van der Waals surface area (Å²) < 4.78 is 1.52.